The molecule has 4 bridgehead atoms. The van der Waals surface area contributed by atoms with Crippen molar-refractivity contribution in [1.29, 1.82) is 0 Å². The standard InChI is InChI=1S/C19H14N2O3.ClH/c22-17-10-21-11-4-3-7-16(21)18(13(17)8-11)24-19(23)14-9-20-15-6-2-1-5-12(14)15;/h1-7,9,13,20H,8,10H2;1H. The quantitative estimate of drug-likeness (QED) is 0.840. The summed E-state index contributed by atoms with van der Waals surface area (Å²) in [7, 11) is 0. The average Bonchev–Trinajstić information content (AvgIpc) is 3.01. The number of aromatic nitrogens is 1. The minimum atomic E-state index is -0.430. The molecule has 1 aromatic carbocycles. The molecule has 0 radical (unpaired) electrons. The Morgan fingerprint density at radius 3 is 3.00 bits per heavy atom. The summed E-state index contributed by atoms with van der Waals surface area (Å²) < 4.78 is 5.71. The van der Waals surface area contributed by atoms with E-state index >= 15 is 0 Å². The van der Waals surface area contributed by atoms with Crippen LogP contribution in [0.4, 0.5) is 0 Å². The number of carbonyl (C=O) groups excluding carboxylic acids is 2. The molecule has 1 atom stereocenters. The van der Waals surface area contributed by atoms with Crippen molar-refractivity contribution in [3.63, 3.8) is 0 Å². The molecule has 4 aliphatic heterocycles. The van der Waals surface area contributed by atoms with Crippen LogP contribution in [0.15, 0.2) is 65.8 Å². The zero-order chi connectivity index (χ0) is 16.3. The molecular weight excluding hydrogens is 340 g/mol. The largest absolute Gasteiger partial charge is 0.424 e. The lowest BCUT2D eigenvalue weighted by atomic mass is 9.83. The number of nitrogens with one attached hydrogen (secondary N) is 1. The second-order valence-corrected chi connectivity index (χ2v) is 6.21. The van der Waals surface area contributed by atoms with E-state index < -0.39 is 5.97 Å². The molecule has 0 amide bonds. The number of aromatic amines is 1. The highest BCUT2D eigenvalue weighted by atomic mass is 35.5. The number of ketones is 1. The topological polar surface area (TPSA) is 62.4 Å². The van der Waals surface area contributed by atoms with Gasteiger partial charge in [-0.25, -0.2) is 4.79 Å². The molecule has 126 valence electrons. The Balaban J connectivity index is 0.00000157. The first-order chi connectivity index (χ1) is 11.7. The van der Waals surface area contributed by atoms with E-state index in [2.05, 4.69) is 4.98 Å². The van der Waals surface area contributed by atoms with E-state index in [-0.39, 0.29) is 24.1 Å². The summed E-state index contributed by atoms with van der Waals surface area (Å²) in [5.74, 6) is -0.195. The maximum atomic E-state index is 12.7. The van der Waals surface area contributed by atoms with Gasteiger partial charge in [0.2, 0.25) is 0 Å². The number of nitrogens with zero attached hydrogens (tertiary/aromatic N) is 1. The van der Waals surface area contributed by atoms with E-state index in [9.17, 15) is 9.59 Å². The van der Waals surface area contributed by atoms with Crippen molar-refractivity contribution >= 4 is 35.1 Å². The van der Waals surface area contributed by atoms with Crippen LogP contribution in [0.1, 0.15) is 16.8 Å². The van der Waals surface area contributed by atoms with Gasteiger partial charge in [-0.15, -0.1) is 12.4 Å². The van der Waals surface area contributed by atoms with Gasteiger partial charge in [0.15, 0.2) is 5.78 Å². The van der Waals surface area contributed by atoms with E-state index in [0.717, 1.165) is 22.3 Å². The van der Waals surface area contributed by atoms with Crippen molar-refractivity contribution in [1.82, 2.24) is 9.88 Å². The molecule has 0 aliphatic carbocycles. The van der Waals surface area contributed by atoms with Gasteiger partial charge in [0.25, 0.3) is 0 Å². The van der Waals surface area contributed by atoms with Gasteiger partial charge in [-0.3, -0.25) is 4.79 Å². The number of allylic oxidation sites excluding steroid dienone is 5. The van der Waals surface area contributed by atoms with Gasteiger partial charge in [-0.05, 0) is 18.2 Å². The molecule has 25 heavy (non-hydrogen) atoms. The number of fused-ring (bicyclic) bond motifs is 2. The highest BCUT2D eigenvalue weighted by Crippen LogP contribution is 2.42. The smallest absolute Gasteiger partial charge is 0.345 e. The number of esters is 1. The second kappa shape index (κ2) is 5.63. The molecule has 1 saturated heterocycles. The fourth-order valence-corrected chi connectivity index (χ4v) is 3.69. The maximum absolute atomic E-state index is 12.7. The van der Waals surface area contributed by atoms with Gasteiger partial charge >= 0.3 is 5.97 Å². The van der Waals surface area contributed by atoms with E-state index in [1.165, 1.54) is 0 Å². The molecular formula is C19H15ClN2O3. The summed E-state index contributed by atoms with van der Waals surface area (Å²) in [5.41, 5.74) is 3.31. The van der Waals surface area contributed by atoms with Crippen molar-refractivity contribution in [3.8, 4) is 0 Å². The van der Waals surface area contributed by atoms with E-state index in [1.54, 1.807) is 6.20 Å². The number of carbonyl (C=O) groups is 2. The second-order valence-electron chi connectivity index (χ2n) is 6.21. The summed E-state index contributed by atoms with van der Waals surface area (Å²) in [6, 6.07) is 7.58. The lowest BCUT2D eigenvalue weighted by Gasteiger charge is -2.43. The zero-order valence-electron chi connectivity index (χ0n) is 13.2. The first-order valence-corrected chi connectivity index (χ1v) is 7.92. The number of piperidine rings is 1. The lowest BCUT2D eigenvalue weighted by Crippen LogP contribution is -2.46. The number of Topliss-reactive ketones (excluding diaryl/α,β-unsaturated/α-hetero) is 1. The minimum absolute atomic E-state index is 0. The molecule has 0 saturated carbocycles. The molecule has 6 rings (SSSR count). The Kier molecular flexibility index (Phi) is 3.54. The summed E-state index contributed by atoms with van der Waals surface area (Å²) >= 11 is 0. The Bertz CT molecular complexity index is 999. The number of ether oxygens (including phenoxy) is 1. The zero-order valence-corrected chi connectivity index (χ0v) is 14.0. The van der Waals surface area contributed by atoms with E-state index in [4.69, 9.17) is 4.74 Å². The van der Waals surface area contributed by atoms with Gasteiger partial charge in [0, 0.05) is 29.2 Å². The monoisotopic (exact) mass is 354 g/mol. The summed E-state index contributed by atoms with van der Waals surface area (Å²) in [5, 5.41) is 0.820. The number of para-hydroxylation sites is 1. The van der Waals surface area contributed by atoms with Gasteiger partial charge in [-0.1, -0.05) is 24.3 Å². The van der Waals surface area contributed by atoms with Crippen molar-refractivity contribution in [2.75, 3.05) is 6.54 Å². The van der Waals surface area contributed by atoms with Crippen LogP contribution in [-0.4, -0.2) is 28.2 Å². The molecule has 1 unspecified atom stereocenters. The Labute approximate surface area is 150 Å². The van der Waals surface area contributed by atoms with Crippen LogP contribution in [-0.2, 0) is 9.53 Å². The van der Waals surface area contributed by atoms with Crippen molar-refractivity contribution < 1.29 is 14.3 Å². The van der Waals surface area contributed by atoms with Gasteiger partial charge in [-0.2, -0.15) is 0 Å². The van der Waals surface area contributed by atoms with Crippen molar-refractivity contribution in [2.45, 2.75) is 6.42 Å². The lowest BCUT2D eigenvalue weighted by molar-refractivity contribution is -0.126. The first kappa shape index (κ1) is 15.7. The number of hydrogen-bond donors (Lipinski definition) is 1. The Morgan fingerprint density at radius 2 is 2.12 bits per heavy atom. The van der Waals surface area contributed by atoms with E-state index in [0.29, 0.717) is 24.3 Å². The Morgan fingerprint density at radius 1 is 1.28 bits per heavy atom. The molecule has 1 fully saturated rings. The van der Waals surface area contributed by atoms with Gasteiger partial charge < -0.3 is 14.6 Å². The summed E-state index contributed by atoms with van der Waals surface area (Å²) in [6.45, 7) is 0.365. The summed E-state index contributed by atoms with van der Waals surface area (Å²) in [4.78, 5) is 30.0. The van der Waals surface area contributed by atoms with Crippen LogP contribution >= 0.6 is 12.4 Å². The molecule has 1 aromatic heterocycles. The van der Waals surface area contributed by atoms with Crippen molar-refractivity contribution in [3.05, 3.63) is 71.4 Å². The fraction of sp³-hybridized carbons (Fsp3) is 0.158. The van der Waals surface area contributed by atoms with Crippen LogP contribution in [0, 0.1) is 5.92 Å². The number of halogens is 1. The molecule has 4 aliphatic rings. The summed E-state index contributed by atoms with van der Waals surface area (Å²) in [6.07, 6.45) is 8.11. The average molecular weight is 355 g/mol. The maximum Gasteiger partial charge on any atom is 0.345 e. The molecule has 2 aromatic rings. The van der Waals surface area contributed by atoms with Crippen LogP contribution in [0.25, 0.3) is 10.9 Å². The van der Waals surface area contributed by atoms with Crippen LogP contribution < -0.4 is 0 Å². The van der Waals surface area contributed by atoms with Gasteiger partial charge in [0.1, 0.15) is 5.76 Å². The highest BCUT2D eigenvalue weighted by Gasteiger charge is 2.44. The molecule has 5 heterocycles. The SMILES string of the molecule is Cl.O=C(OC1=C2C=CC=C3CC1C(=O)CN32)c1c[nH]c2ccccc12. The predicted molar refractivity (Wildman–Crippen MR) is 95.0 cm³/mol. The van der Waals surface area contributed by atoms with Crippen LogP contribution in [0.3, 0.4) is 0 Å². The highest BCUT2D eigenvalue weighted by molar-refractivity contribution is 6.04. The van der Waals surface area contributed by atoms with Crippen LogP contribution in [0.2, 0.25) is 0 Å². The van der Waals surface area contributed by atoms with Gasteiger partial charge in [0.05, 0.1) is 23.7 Å². The number of benzene rings is 1. The first-order valence-electron chi connectivity index (χ1n) is 7.92. The van der Waals surface area contributed by atoms with E-state index in [1.807, 2.05) is 47.4 Å². The molecule has 0 spiro atoms. The third kappa shape index (κ3) is 2.23. The molecule has 5 nitrogen and oxygen atoms in total. The fourth-order valence-electron chi connectivity index (χ4n) is 3.69. The number of hydrogen-bond acceptors (Lipinski definition) is 4. The number of H-pyrrole nitrogens is 1. The Hall–Kier alpha value is -2.79. The third-order valence-corrected chi connectivity index (χ3v) is 4.88. The normalized spacial score (nSPS) is 20.6. The van der Waals surface area contributed by atoms with Crippen LogP contribution in [0.5, 0.6) is 0 Å². The molecule has 6 heteroatoms. The minimum Gasteiger partial charge on any atom is -0.424 e. The van der Waals surface area contributed by atoms with Crippen molar-refractivity contribution in [2.24, 2.45) is 5.92 Å². The number of rotatable bonds is 2. The molecule has 1 N–H and O–H groups in total. The predicted octanol–water partition coefficient (Wildman–Crippen LogP) is 3.32. The third-order valence-electron chi connectivity index (χ3n) is 4.88.